The van der Waals surface area contributed by atoms with Gasteiger partial charge in [-0.1, -0.05) is 6.07 Å². The lowest BCUT2D eigenvalue weighted by molar-refractivity contribution is 0.451. The Kier molecular flexibility index (Phi) is 3.54. The first kappa shape index (κ1) is 12.2. The number of phenols is 2. The molecule has 0 radical (unpaired) electrons. The van der Waals surface area contributed by atoms with Crippen LogP contribution in [0.4, 0.5) is 0 Å². The van der Waals surface area contributed by atoms with E-state index in [9.17, 15) is 10.2 Å². The fourth-order valence-corrected chi connectivity index (χ4v) is 2.73. The molecule has 0 fully saturated rings. The van der Waals surface area contributed by atoms with E-state index in [-0.39, 0.29) is 11.5 Å². The summed E-state index contributed by atoms with van der Waals surface area (Å²) in [5, 5.41) is 19.2. The summed E-state index contributed by atoms with van der Waals surface area (Å²) < 4.78 is 0. The Morgan fingerprint density at radius 1 is 1.12 bits per heavy atom. The molecule has 17 heavy (non-hydrogen) atoms. The van der Waals surface area contributed by atoms with E-state index < -0.39 is 0 Å². The van der Waals surface area contributed by atoms with Gasteiger partial charge in [-0.15, -0.1) is 24.4 Å². The zero-order valence-electron chi connectivity index (χ0n) is 9.21. The van der Waals surface area contributed by atoms with Gasteiger partial charge in [-0.05, 0) is 30.5 Å². The van der Waals surface area contributed by atoms with Crippen molar-refractivity contribution in [2.75, 3.05) is 6.26 Å². The van der Waals surface area contributed by atoms with Crippen molar-refractivity contribution in [3.63, 3.8) is 0 Å². The minimum Gasteiger partial charge on any atom is -0.508 e. The molecule has 0 spiro atoms. The van der Waals surface area contributed by atoms with Gasteiger partial charge in [0.05, 0.1) is 0 Å². The number of aromatic hydroxyl groups is 2. The van der Waals surface area contributed by atoms with Crippen molar-refractivity contribution in [1.82, 2.24) is 0 Å². The smallest absolute Gasteiger partial charge is 0.127 e. The minimum atomic E-state index is 0.0496. The van der Waals surface area contributed by atoms with E-state index in [1.54, 1.807) is 23.9 Å². The highest BCUT2D eigenvalue weighted by Gasteiger charge is 2.12. The maximum atomic E-state index is 9.89. The van der Waals surface area contributed by atoms with E-state index >= 15 is 0 Å². The van der Waals surface area contributed by atoms with E-state index in [4.69, 9.17) is 0 Å². The van der Waals surface area contributed by atoms with Crippen molar-refractivity contribution < 1.29 is 10.2 Å². The number of benzene rings is 2. The Labute approximate surface area is 110 Å². The lowest BCUT2D eigenvalue weighted by Gasteiger charge is -2.12. The molecular weight excluding hydrogens is 252 g/mol. The van der Waals surface area contributed by atoms with Gasteiger partial charge in [0.25, 0.3) is 0 Å². The Morgan fingerprint density at radius 2 is 1.88 bits per heavy atom. The molecule has 0 bridgehead atoms. The van der Waals surface area contributed by atoms with Gasteiger partial charge in [-0.3, -0.25) is 0 Å². The van der Waals surface area contributed by atoms with E-state index in [1.165, 1.54) is 6.07 Å². The highest BCUT2D eigenvalue weighted by molar-refractivity contribution is 7.98. The molecular formula is C13H12O2S2. The van der Waals surface area contributed by atoms with Gasteiger partial charge in [-0.25, -0.2) is 0 Å². The quantitative estimate of drug-likeness (QED) is 0.571. The van der Waals surface area contributed by atoms with E-state index in [2.05, 4.69) is 12.6 Å². The Morgan fingerprint density at radius 3 is 2.53 bits per heavy atom. The molecule has 0 aliphatic rings. The lowest BCUT2D eigenvalue weighted by Crippen LogP contribution is -1.85. The highest BCUT2D eigenvalue weighted by Crippen LogP contribution is 2.40. The van der Waals surface area contributed by atoms with Gasteiger partial charge in [0, 0.05) is 27.0 Å². The van der Waals surface area contributed by atoms with Crippen LogP contribution in [0.15, 0.2) is 46.2 Å². The molecule has 2 aromatic rings. The van der Waals surface area contributed by atoms with Gasteiger partial charge in [0.2, 0.25) is 0 Å². The Bertz CT molecular complexity index is 553. The van der Waals surface area contributed by atoms with Crippen molar-refractivity contribution in [3.8, 4) is 22.6 Å². The van der Waals surface area contributed by atoms with Crippen molar-refractivity contribution in [1.29, 1.82) is 0 Å². The molecule has 0 saturated heterocycles. The van der Waals surface area contributed by atoms with Crippen LogP contribution in [-0.2, 0) is 0 Å². The summed E-state index contributed by atoms with van der Waals surface area (Å²) in [6.07, 6.45) is 1.98. The summed E-state index contributed by atoms with van der Waals surface area (Å²) in [5.41, 5.74) is 1.57. The second-order valence-electron chi connectivity index (χ2n) is 3.56. The second-order valence-corrected chi connectivity index (χ2v) is 4.89. The maximum Gasteiger partial charge on any atom is 0.127 e. The summed E-state index contributed by atoms with van der Waals surface area (Å²) in [7, 11) is 0. The van der Waals surface area contributed by atoms with E-state index in [0.29, 0.717) is 5.56 Å². The Hall–Kier alpha value is -1.26. The molecule has 0 unspecified atom stereocenters. The highest BCUT2D eigenvalue weighted by atomic mass is 32.2. The number of thiol groups is 1. The van der Waals surface area contributed by atoms with Gasteiger partial charge in [0.15, 0.2) is 0 Å². The first-order valence-electron chi connectivity index (χ1n) is 5.02. The summed E-state index contributed by atoms with van der Waals surface area (Å²) >= 11 is 6.01. The largest absolute Gasteiger partial charge is 0.508 e. The third kappa shape index (κ3) is 2.37. The minimum absolute atomic E-state index is 0.0496. The average molecular weight is 264 g/mol. The lowest BCUT2D eigenvalue weighted by atomic mass is 10.0. The fraction of sp³-hybridized carbons (Fsp3) is 0.0769. The molecule has 2 rings (SSSR count). The van der Waals surface area contributed by atoms with Gasteiger partial charge >= 0.3 is 0 Å². The number of hydrogen-bond acceptors (Lipinski definition) is 4. The van der Waals surface area contributed by atoms with Crippen LogP contribution in [0.2, 0.25) is 0 Å². The summed E-state index contributed by atoms with van der Waals surface area (Å²) in [5.74, 6) is 0.107. The molecule has 0 heterocycles. The molecule has 2 N–H and O–H groups in total. The molecule has 0 aromatic heterocycles. The van der Waals surface area contributed by atoms with Crippen molar-refractivity contribution >= 4 is 24.4 Å². The molecule has 0 amide bonds. The van der Waals surface area contributed by atoms with Crippen LogP contribution in [0.5, 0.6) is 11.5 Å². The van der Waals surface area contributed by atoms with Gasteiger partial charge in [-0.2, -0.15) is 0 Å². The van der Waals surface area contributed by atoms with Gasteiger partial charge in [0.1, 0.15) is 11.5 Å². The standard InChI is InChI=1S/C13H12O2S2/c1-17-12-4-2-3-11(16)13(12)9-6-5-8(14)7-10(9)15/h2-7,14-16H,1H3. The molecule has 0 saturated carbocycles. The predicted octanol–water partition coefficient (Wildman–Crippen LogP) is 3.78. The van der Waals surface area contributed by atoms with E-state index in [0.717, 1.165) is 15.4 Å². The van der Waals surface area contributed by atoms with Crippen LogP contribution in [0.25, 0.3) is 11.1 Å². The SMILES string of the molecule is CSc1cccc(S)c1-c1ccc(O)cc1O. The van der Waals surface area contributed by atoms with Crippen LogP contribution in [-0.4, -0.2) is 16.5 Å². The zero-order valence-corrected chi connectivity index (χ0v) is 10.9. The molecule has 0 atom stereocenters. The normalized spacial score (nSPS) is 10.5. The van der Waals surface area contributed by atoms with Crippen molar-refractivity contribution in [3.05, 3.63) is 36.4 Å². The maximum absolute atomic E-state index is 9.89. The molecule has 88 valence electrons. The Balaban J connectivity index is 2.67. The fourth-order valence-electron chi connectivity index (χ4n) is 1.69. The molecule has 2 aromatic carbocycles. The third-order valence-corrected chi connectivity index (χ3v) is 3.63. The third-order valence-electron chi connectivity index (χ3n) is 2.47. The second kappa shape index (κ2) is 4.94. The monoisotopic (exact) mass is 264 g/mol. The zero-order chi connectivity index (χ0) is 12.4. The first-order valence-corrected chi connectivity index (χ1v) is 6.69. The molecule has 2 nitrogen and oxygen atoms in total. The number of phenolic OH excluding ortho intramolecular Hbond substituents is 2. The van der Waals surface area contributed by atoms with E-state index in [1.807, 2.05) is 24.5 Å². The molecule has 4 heteroatoms. The summed E-state index contributed by atoms with van der Waals surface area (Å²) in [6, 6.07) is 10.4. The summed E-state index contributed by atoms with van der Waals surface area (Å²) in [6.45, 7) is 0. The topological polar surface area (TPSA) is 40.5 Å². The first-order chi connectivity index (χ1) is 8.13. The van der Waals surface area contributed by atoms with Gasteiger partial charge < -0.3 is 10.2 Å². The molecule has 0 aliphatic heterocycles. The predicted molar refractivity (Wildman–Crippen MR) is 74.2 cm³/mol. The number of rotatable bonds is 2. The van der Waals surface area contributed by atoms with Crippen LogP contribution in [0.1, 0.15) is 0 Å². The number of thioether (sulfide) groups is 1. The average Bonchev–Trinajstić information content (AvgIpc) is 2.30. The van der Waals surface area contributed by atoms with Crippen LogP contribution < -0.4 is 0 Å². The molecule has 0 aliphatic carbocycles. The van der Waals surface area contributed by atoms with Crippen molar-refractivity contribution in [2.24, 2.45) is 0 Å². The van der Waals surface area contributed by atoms with Crippen LogP contribution in [0.3, 0.4) is 0 Å². The number of hydrogen-bond donors (Lipinski definition) is 3. The van der Waals surface area contributed by atoms with Crippen LogP contribution >= 0.6 is 24.4 Å². The summed E-state index contributed by atoms with van der Waals surface area (Å²) in [4.78, 5) is 1.84. The van der Waals surface area contributed by atoms with Crippen LogP contribution in [0, 0.1) is 0 Å². The van der Waals surface area contributed by atoms with Crippen molar-refractivity contribution in [2.45, 2.75) is 9.79 Å².